The van der Waals surface area contributed by atoms with Crippen LogP contribution in [0.25, 0.3) is 0 Å². The molecule has 1 aromatic rings. The third-order valence-corrected chi connectivity index (χ3v) is 2.49. The number of halogens is 1. The molecule has 0 radical (unpaired) electrons. The fraction of sp³-hybridized carbons (Fsp3) is 0.308. The summed E-state index contributed by atoms with van der Waals surface area (Å²) in [7, 11) is 1.48. The SMILES string of the molecule is C#CCNC(=O)COc1c(CN)cc(Cl)cc1OC. The fourth-order valence-electron chi connectivity index (χ4n) is 1.43. The fourth-order valence-corrected chi connectivity index (χ4v) is 1.66. The number of ether oxygens (including phenoxy) is 2. The number of carbonyl (C=O) groups excluding carboxylic acids is 1. The van der Waals surface area contributed by atoms with Crippen molar-refractivity contribution in [3.05, 3.63) is 22.7 Å². The smallest absolute Gasteiger partial charge is 0.258 e. The number of amides is 1. The first kappa shape index (κ1) is 15.2. The van der Waals surface area contributed by atoms with Crippen molar-refractivity contribution in [1.29, 1.82) is 0 Å². The minimum absolute atomic E-state index is 0.156. The molecule has 102 valence electrons. The maximum atomic E-state index is 11.4. The van der Waals surface area contributed by atoms with Gasteiger partial charge < -0.3 is 20.5 Å². The van der Waals surface area contributed by atoms with Crippen molar-refractivity contribution in [3.63, 3.8) is 0 Å². The molecule has 5 nitrogen and oxygen atoms in total. The summed E-state index contributed by atoms with van der Waals surface area (Å²) in [4.78, 5) is 11.4. The van der Waals surface area contributed by atoms with Gasteiger partial charge in [-0.1, -0.05) is 17.5 Å². The molecule has 3 N–H and O–H groups in total. The predicted molar refractivity (Wildman–Crippen MR) is 73.2 cm³/mol. The summed E-state index contributed by atoms with van der Waals surface area (Å²) in [6, 6.07) is 3.26. The number of terminal acetylenes is 1. The molecule has 0 unspecified atom stereocenters. The summed E-state index contributed by atoms with van der Waals surface area (Å²) < 4.78 is 10.6. The van der Waals surface area contributed by atoms with E-state index in [1.54, 1.807) is 12.1 Å². The molecule has 0 fully saturated rings. The molecule has 1 aromatic carbocycles. The summed E-state index contributed by atoms with van der Waals surface area (Å²) in [5, 5.41) is 2.98. The maximum Gasteiger partial charge on any atom is 0.258 e. The highest BCUT2D eigenvalue weighted by Gasteiger charge is 2.13. The van der Waals surface area contributed by atoms with E-state index in [2.05, 4.69) is 11.2 Å². The Balaban J connectivity index is 2.82. The van der Waals surface area contributed by atoms with Crippen LogP contribution < -0.4 is 20.5 Å². The molecule has 0 saturated carbocycles. The minimum atomic E-state index is -0.321. The lowest BCUT2D eigenvalue weighted by Gasteiger charge is -2.14. The number of hydrogen-bond donors (Lipinski definition) is 2. The molecule has 0 heterocycles. The summed E-state index contributed by atoms with van der Waals surface area (Å²) in [5.41, 5.74) is 6.27. The number of carbonyl (C=O) groups is 1. The van der Waals surface area contributed by atoms with Gasteiger partial charge in [0.1, 0.15) is 0 Å². The van der Waals surface area contributed by atoms with E-state index in [4.69, 9.17) is 33.2 Å². The van der Waals surface area contributed by atoms with Crippen LogP contribution in [-0.4, -0.2) is 26.2 Å². The quantitative estimate of drug-likeness (QED) is 0.762. The normalized spacial score (nSPS) is 9.58. The second-order valence-corrected chi connectivity index (χ2v) is 4.01. The summed E-state index contributed by atoms with van der Waals surface area (Å²) in [6.45, 7) is 0.203. The van der Waals surface area contributed by atoms with Crippen molar-refractivity contribution in [2.45, 2.75) is 6.54 Å². The Morgan fingerprint density at radius 3 is 2.89 bits per heavy atom. The second-order valence-electron chi connectivity index (χ2n) is 3.57. The van der Waals surface area contributed by atoms with Gasteiger partial charge in [-0.3, -0.25) is 4.79 Å². The number of rotatable bonds is 6. The third kappa shape index (κ3) is 4.36. The van der Waals surface area contributed by atoms with Crippen LogP contribution in [-0.2, 0) is 11.3 Å². The van der Waals surface area contributed by atoms with Gasteiger partial charge in [0.15, 0.2) is 18.1 Å². The molecule has 0 aliphatic heterocycles. The molecule has 1 amide bonds. The number of methoxy groups -OCH3 is 1. The van der Waals surface area contributed by atoms with Crippen molar-refractivity contribution in [2.75, 3.05) is 20.3 Å². The van der Waals surface area contributed by atoms with Crippen LogP contribution in [0.4, 0.5) is 0 Å². The molecule has 1 rings (SSSR count). The van der Waals surface area contributed by atoms with E-state index in [-0.39, 0.29) is 25.6 Å². The van der Waals surface area contributed by atoms with E-state index in [0.717, 1.165) is 0 Å². The molecule has 0 aliphatic rings. The van der Waals surface area contributed by atoms with E-state index >= 15 is 0 Å². The van der Waals surface area contributed by atoms with Gasteiger partial charge >= 0.3 is 0 Å². The first-order valence-electron chi connectivity index (χ1n) is 5.51. The summed E-state index contributed by atoms with van der Waals surface area (Å²) in [6.07, 6.45) is 5.04. The molecule has 19 heavy (non-hydrogen) atoms. The van der Waals surface area contributed by atoms with E-state index in [1.165, 1.54) is 7.11 Å². The van der Waals surface area contributed by atoms with E-state index in [1.807, 2.05) is 0 Å². The van der Waals surface area contributed by atoms with Crippen molar-refractivity contribution in [3.8, 4) is 23.8 Å². The molecular formula is C13H15ClN2O3. The lowest BCUT2D eigenvalue weighted by molar-refractivity contribution is -0.122. The van der Waals surface area contributed by atoms with Gasteiger partial charge in [0.2, 0.25) is 0 Å². The molecule has 0 saturated heterocycles. The lowest BCUT2D eigenvalue weighted by atomic mass is 10.2. The van der Waals surface area contributed by atoms with Crippen molar-refractivity contribution in [2.24, 2.45) is 5.73 Å². The molecule has 0 aliphatic carbocycles. The standard InChI is InChI=1S/C13H15ClN2O3/c1-3-4-16-12(17)8-19-13-9(7-15)5-10(14)6-11(13)18-2/h1,5-6H,4,7-8,15H2,2H3,(H,16,17). The Labute approximate surface area is 117 Å². The van der Waals surface area contributed by atoms with Crippen molar-refractivity contribution < 1.29 is 14.3 Å². The molecule has 6 heteroatoms. The first-order chi connectivity index (χ1) is 9.12. The predicted octanol–water partition coefficient (Wildman–Crippen LogP) is 0.936. The zero-order valence-corrected chi connectivity index (χ0v) is 11.3. The van der Waals surface area contributed by atoms with E-state index in [9.17, 15) is 4.79 Å². The highest BCUT2D eigenvalue weighted by atomic mass is 35.5. The average Bonchev–Trinajstić information content (AvgIpc) is 2.42. The molecule has 0 bridgehead atoms. The maximum absolute atomic E-state index is 11.4. The highest BCUT2D eigenvalue weighted by molar-refractivity contribution is 6.30. The Morgan fingerprint density at radius 2 is 2.32 bits per heavy atom. The van der Waals surface area contributed by atoms with Crippen LogP contribution in [0.1, 0.15) is 5.56 Å². The highest BCUT2D eigenvalue weighted by Crippen LogP contribution is 2.34. The number of nitrogens with two attached hydrogens (primary N) is 1. The second kappa shape index (κ2) is 7.52. The average molecular weight is 283 g/mol. The van der Waals surface area contributed by atoms with Gasteiger partial charge in [-0.15, -0.1) is 6.42 Å². The van der Waals surface area contributed by atoms with Crippen LogP contribution in [0, 0.1) is 12.3 Å². The number of hydrogen-bond acceptors (Lipinski definition) is 4. The zero-order chi connectivity index (χ0) is 14.3. The van der Waals surface area contributed by atoms with Gasteiger partial charge in [-0.2, -0.15) is 0 Å². The number of benzene rings is 1. The topological polar surface area (TPSA) is 73.6 Å². The van der Waals surface area contributed by atoms with Gasteiger partial charge in [0, 0.05) is 23.2 Å². The van der Waals surface area contributed by atoms with Crippen LogP contribution >= 0.6 is 11.6 Å². The Bertz CT molecular complexity index is 472. The van der Waals surface area contributed by atoms with Crippen molar-refractivity contribution >= 4 is 17.5 Å². The summed E-state index contributed by atoms with van der Waals surface area (Å²) >= 11 is 5.92. The first-order valence-corrected chi connectivity index (χ1v) is 5.89. The van der Waals surface area contributed by atoms with Gasteiger partial charge in [-0.05, 0) is 6.07 Å². The molecule has 0 atom stereocenters. The van der Waals surface area contributed by atoms with E-state index < -0.39 is 0 Å². The molecular weight excluding hydrogens is 268 g/mol. The Hall–Kier alpha value is -1.90. The van der Waals surface area contributed by atoms with Gasteiger partial charge in [0.05, 0.1) is 13.7 Å². The summed E-state index contributed by atoms with van der Waals surface area (Å²) in [5.74, 6) is 2.81. The third-order valence-electron chi connectivity index (χ3n) is 2.27. The van der Waals surface area contributed by atoms with Crippen molar-refractivity contribution in [1.82, 2.24) is 5.32 Å². The Kier molecular flexibility index (Phi) is 6.00. The zero-order valence-electron chi connectivity index (χ0n) is 10.5. The van der Waals surface area contributed by atoms with E-state index in [0.29, 0.717) is 22.1 Å². The van der Waals surface area contributed by atoms with Crippen LogP contribution in [0.2, 0.25) is 5.02 Å². The van der Waals surface area contributed by atoms with Gasteiger partial charge in [-0.25, -0.2) is 0 Å². The monoisotopic (exact) mass is 282 g/mol. The molecule has 0 spiro atoms. The lowest BCUT2D eigenvalue weighted by Crippen LogP contribution is -2.29. The van der Waals surface area contributed by atoms with Crippen LogP contribution in [0.3, 0.4) is 0 Å². The minimum Gasteiger partial charge on any atom is -0.493 e. The Morgan fingerprint density at radius 1 is 1.58 bits per heavy atom. The van der Waals surface area contributed by atoms with Crippen LogP contribution in [0.15, 0.2) is 12.1 Å². The van der Waals surface area contributed by atoms with Gasteiger partial charge in [0.25, 0.3) is 5.91 Å². The largest absolute Gasteiger partial charge is 0.493 e. The number of nitrogens with one attached hydrogen (secondary N) is 1. The van der Waals surface area contributed by atoms with Crippen LogP contribution in [0.5, 0.6) is 11.5 Å². The molecule has 0 aromatic heterocycles.